The molecule has 1 heterocycles. The summed E-state index contributed by atoms with van der Waals surface area (Å²) in [6.07, 6.45) is 6.85. The van der Waals surface area contributed by atoms with Crippen LogP contribution < -0.4 is 5.73 Å². The summed E-state index contributed by atoms with van der Waals surface area (Å²) in [5.41, 5.74) is 7.00. The number of hydrogen-bond acceptors (Lipinski definition) is 3. The van der Waals surface area contributed by atoms with Crippen LogP contribution in [0.2, 0.25) is 0 Å². The normalized spacial score (nSPS) is 29.7. The van der Waals surface area contributed by atoms with Crippen LogP contribution in [-0.2, 0) is 0 Å². The molecule has 112 valence electrons. The second-order valence-electron chi connectivity index (χ2n) is 6.67. The van der Waals surface area contributed by atoms with Crippen LogP contribution in [0.1, 0.15) is 50.0 Å². The Bertz CT molecular complexity index is 497. The van der Waals surface area contributed by atoms with Gasteiger partial charge in [-0.2, -0.15) is 5.26 Å². The number of piperidine rings is 1. The molecule has 1 aliphatic heterocycles. The van der Waals surface area contributed by atoms with E-state index in [1.807, 2.05) is 0 Å². The molecule has 1 aromatic carbocycles. The first kappa shape index (κ1) is 14.6. The van der Waals surface area contributed by atoms with Gasteiger partial charge in [0.2, 0.25) is 0 Å². The molecule has 2 atom stereocenters. The maximum absolute atomic E-state index is 9.18. The summed E-state index contributed by atoms with van der Waals surface area (Å²) in [6, 6.07) is 13.9. The molecule has 0 amide bonds. The van der Waals surface area contributed by atoms with E-state index in [-0.39, 0.29) is 0 Å². The Balaban J connectivity index is 1.73. The fourth-order valence-corrected chi connectivity index (χ4v) is 4.00. The molecule has 0 bridgehead atoms. The third-order valence-electron chi connectivity index (χ3n) is 5.34. The molecule has 21 heavy (non-hydrogen) atoms. The van der Waals surface area contributed by atoms with Gasteiger partial charge in [0, 0.05) is 19.1 Å². The molecule has 3 nitrogen and oxygen atoms in total. The highest BCUT2D eigenvalue weighted by Crippen LogP contribution is 2.37. The van der Waals surface area contributed by atoms with E-state index in [1.165, 1.54) is 31.2 Å². The topological polar surface area (TPSA) is 53.1 Å². The SMILES string of the molecule is N#CC1(N)CCN(C2CCCCC2c2ccccc2)CC1. The van der Waals surface area contributed by atoms with Crippen LogP contribution in [0.15, 0.2) is 30.3 Å². The van der Waals surface area contributed by atoms with Crippen LogP contribution in [0.5, 0.6) is 0 Å². The molecule has 1 saturated carbocycles. The first-order chi connectivity index (χ1) is 10.2. The Morgan fingerprint density at radius 3 is 2.43 bits per heavy atom. The van der Waals surface area contributed by atoms with Gasteiger partial charge in [0.1, 0.15) is 5.54 Å². The van der Waals surface area contributed by atoms with Gasteiger partial charge >= 0.3 is 0 Å². The predicted octanol–water partition coefficient (Wildman–Crippen LogP) is 3.03. The van der Waals surface area contributed by atoms with Crippen LogP contribution in [0.25, 0.3) is 0 Å². The van der Waals surface area contributed by atoms with Crippen molar-refractivity contribution in [1.82, 2.24) is 4.90 Å². The molecule has 2 unspecified atom stereocenters. The summed E-state index contributed by atoms with van der Waals surface area (Å²) in [4.78, 5) is 2.60. The van der Waals surface area contributed by atoms with Gasteiger partial charge < -0.3 is 5.73 Å². The quantitative estimate of drug-likeness (QED) is 0.907. The van der Waals surface area contributed by atoms with Gasteiger partial charge in [-0.1, -0.05) is 43.2 Å². The molecule has 2 fully saturated rings. The van der Waals surface area contributed by atoms with Crippen molar-refractivity contribution in [2.75, 3.05) is 13.1 Å². The lowest BCUT2D eigenvalue weighted by Gasteiger charge is -2.44. The average Bonchev–Trinajstić information content (AvgIpc) is 2.56. The highest BCUT2D eigenvalue weighted by Gasteiger charge is 2.37. The minimum atomic E-state index is -0.590. The molecule has 0 aromatic heterocycles. The smallest absolute Gasteiger partial charge is 0.106 e. The second kappa shape index (κ2) is 6.17. The highest BCUT2D eigenvalue weighted by atomic mass is 15.2. The van der Waals surface area contributed by atoms with Crippen molar-refractivity contribution in [1.29, 1.82) is 5.26 Å². The Labute approximate surface area is 127 Å². The Morgan fingerprint density at radius 1 is 1.10 bits per heavy atom. The first-order valence-corrected chi connectivity index (χ1v) is 8.21. The molecule has 2 aliphatic rings. The van der Waals surface area contributed by atoms with E-state index in [9.17, 15) is 5.26 Å². The summed E-state index contributed by atoms with van der Waals surface area (Å²) in [7, 11) is 0. The molecule has 1 aromatic rings. The van der Waals surface area contributed by atoms with Crippen molar-refractivity contribution in [2.45, 2.75) is 56.0 Å². The van der Waals surface area contributed by atoms with Crippen molar-refractivity contribution in [3.8, 4) is 6.07 Å². The lowest BCUT2D eigenvalue weighted by Crippen LogP contribution is -2.53. The lowest BCUT2D eigenvalue weighted by molar-refractivity contribution is 0.0946. The summed E-state index contributed by atoms with van der Waals surface area (Å²) in [5.74, 6) is 0.646. The maximum Gasteiger partial charge on any atom is 0.106 e. The van der Waals surface area contributed by atoms with Crippen molar-refractivity contribution in [3.05, 3.63) is 35.9 Å². The van der Waals surface area contributed by atoms with Gasteiger partial charge in [0.15, 0.2) is 0 Å². The van der Waals surface area contributed by atoms with E-state index in [0.717, 1.165) is 25.9 Å². The van der Waals surface area contributed by atoms with Crippen LogP contribution >= 0.6 is 0 Å². The zero-order valence-electron chi connectivity index (χ0n) is 12.7. The summed E-state index contributed by atoms with van der Waals surface area (Å²) in [6.45, 7) is 1.94. The number of nitrogens with two attached hydrogens (primary N) is 1. The van der Waals surface area contributed by atoms with E-state index in [0.29, 0.717) is 12.0 Å². The lowest BCUT2D eigenvalue weighted by atomic mass is 9.78. The fourth-order valence-electron chi connectivity index (χ4n) is 4.00. The molecule has 1 saturated heterocycles. The van der Waals surface area contributed by atoms with Gasteiger partial charge in [-0.25, -0.2) is 0 Å². The Morgan fingerprint density at radius 2 is 1.76 bits per heavy atom. The summed E-state index contributed by atoms with van der Waals surface area (Å²) < 4.78 is 0. The summed E-state index contributed by atoms with van der Waals surface area (Å²) >= 11 is 0. The van der Waals surface area contributed by atoms with E-state index < -0.39 is 5.54 Å². The maximum atomic E-state index is 9.18. The number of nitriles is 1. The van der Waals surface area contributed by atoms with E-state index in [1.54, 1.807) is 0 Å². The molecular formula is C18H25N3. The molecule has 0 spiro atoms. The molecule has 1 aliphatic carbocycles. The van der Waals surface area contributed by atoms with E-state index in [2.05, 4.69) is 41.3 Å². The van der Waals surface area contributed by atoms with E-state index >= 15 is 0 Å². The Hall–Kier alpha value is -1.37. The first-order valence-electron chi connectivity index (χ1n) is 8.21. The van der Waals surface area contributed by atoms with Crippen molar-refractivity contribution < 1.29 is 0 Å². The fraction of sp³-hybridized carbons (Fsp3) is 0.611. The van der Waals surface area contributed by atoms with Crippen LogP contribution in [-0.4, -0.2) is 29.6 Å². The van der Waals surface area contributed by atoms with Crippen molar-refractivity contribution in [2.24, 2.45) is 5.73 Å². The minimum Gasteiger partial charge on any atom is -0.313 e. The van der Waals surface area contributed by atoms with Gasteiger partial charge in [-0.3, -0.25) is 4.90 Å². The van der Waals surface area contributed by atoms with Crippen LogP contribution in [0, 0.1) is 11.3 Å². The number of likely N-dealkylation sites (tertiary alicyclic amines) is 1. The van der Waals surface area contributed by atoms with Gasteiger partial charge in [0.25, 0.3) is 0 Å². The number of hydrogen-bond donors (Lipinski definition) is 1. The number of benzene rings is 1. The second-order valence-corrected chi connectivity index (χ2v) is 6.67. The van der Waals surface area contributed by atoms with Crippen molar-refractivity contribution >= 4 is 0 Å². The largest absolute Gasteiger partial charge is 0.313 e. The molecular weight excluding hydrogens is 258 g/mol. The number of nitrogens with zero attached hydrogens (tertiary/aromatic N) is 2. The van der Waals surface area contributed by atoms with Crippen LogP contribution in [0.3, 0.4) is 0 Å². The third-order valence-corrected chi connectivity index (χ3v) is 5.34. The number of rotatable bonds is 2. The van der Waals surface area contributed by atoms with Gasteiger partial charge in [-0.15, -0.1) is 0 Å². The van der Waals surface area contributed by atoms with Crippen molar-refractivity contribution in [3.63, 3.8) is 0 Å². The summed E-state index contributed by atoms with van der Waals surface area (Å²) in [5, 5.41) is 9.18. The zero-order valence-corrected chi connectivity index (χ0v) is 12.7. The minimum absolute atomic E-state index is 0.590. The Kier molecular flexibility index (Phi) is 4.28. The van der Waals surface area contributed by atoms with Gasteiger partial charge in [-0.05, 0) is 37.2 Å². The third kappa shape index (κ3) is 3.12. The molecule has 0 radical (unpaired) electrons. The van der Waals surface area contributed by atoms with Gasteiger partial charge in [0.05, 0.1) is 6.07 Å². The van der Waals surface area contributed by atoms with E-state index in [4.69, 9.17) is 5.73 Å². The molecule has 3 heteroatoms. The predicted molar refractivity (Wildman–Crippen MR) is 84.8 cm³/mol. The average molecular weight is 283 g/mol. The van der Waals surface area contributed by atoms with Crippen LogP contribution in [0.4, 0.5) is 0 Å². The standard InChI is InChI=1S/C18H25N3/c19-14-18(20)10-12-21(13-11-18)17-9-5-4-8-16(17)15-6-2-1-3-7-15/h1-3,6-7,16-17H,4-5,8-13,20H2. The zero-order chi connectivity index (χ0) is 14.7. The molecule has 2 N–H and O–H groups in total. The monoisotopic (exact) mass is 283 g/mol. The molecule has 3 rings (SSSR count). The highest BCUT2D eigenvalue weighted by molar-refractivity contribution is 5.22.